The molecule has 1 saturated heterocycles. The number of nitrogens with zero attached hydrogens (tertiary/aromatic N) is 4. The SMILES string of the molecule is CCn1c(=O)n(CCC(=O)N2CCN(S(=O)(=O)c3ccc(F)cc3F)CC2)c2ccccc21. The largest absolute Gasteiger partial charge is 0.340 e. The van der Waals surface area contributed by atoms with E-state index in [0.29, 0.717) is 12.6 Å². The number of aryl methyl sites for hydroxylation is 2. The molecule has 1 aliphatic heterocycles. The summed E-state index contributed by atoms with van der Waals surface area (Å²) in [6.45, 7) is 2.91. The summed E-state index contributed by atoms with van der Waals surface area (Å²) in [5, 5.41) is 0. The van der Waals surface area contributed by atoms with Gasteiger partial charge in [-0.3, -0.25) is 13.9 Å². The van der Waals surface area contributed by atoms with Crippen molar-refractivity contribution in [1.29, 1.82) is 0 Å². The fourth-order valence-electron chi connectivity index (χ4n) is 4.16. The van der Waals surface area contributed by atoms with Crippen molar-refractivity contribution >= 4 is 27.0 Å². The Morgan fingerprint density at radius 1 is 0.970 bits per heavy atom. The van der Waals surface area contributed by atoms with Crippen LogP contribution in [0.2, 0.25) is 0 Å². The van der Waals surface area contributed by atoms with Crippen molar-refractivity contribution in [3.63, 3.8) is 0 Å². The van der Waals surface area contributed by atoms with E-state index in [1.807, 2.05) is 31.2 Å². The second kappa shape index (κ2) is 9.06. The molecule has 176 valence electrons. The molecule has 0 bridgehead atoms. The number of fused-ring (bicyclic) bond motifs is 1. The van der Waals surface area contributed by atoms with Gasteiger partial charge in [0, 0.05) is 51.8 Å². The summed E-state index contributed by atoms with van der Waals surface area (Å²) in [5.41, 5.74) is 1.39. The number of hydrogen-bond acceptors (Lipinski definition) is 4. The molecule has 2 heterocycles. The number of benzene rings is 2. The van der Waals surface area contributed by atoms with Crippen LogP contribution < -0.4 is 5.69 Å². The fraction of sp³-hybridized carbons (Fsp3) is 0.364. The number of aromatic nitrogens is 2. The third-order valence-corrected chi connectivity index (χ3v) is 7.83. The average molecular weight is 479 g/mol. The third kappa shape index (κ3) is 4.30. The van der Waals surface area contributed by atoms with Crippen LogP contribution in [0.15, 0.2) is 52.2 Å². The number of piperazine rings is 1. The first-order valence-electron chi connectivity index (χ1n) is 10.6. The molecule has 0 spiro atoms. The molecule has 0 aliphatic carbocycles. The lowest BCUT2D eigenvalue weighted by molar-refractivity contribution is -0.132. The van der Waals surface area contributed by atoms with Gasteiger partial charge in [0.15, 0.2) is 0 Å². The molecular weight excluding hydrogens is 454 g/mol. The van der Waals surface area contributed by atoms with Gasteiger partial charge in [-0.15, -0.1) is 0 Å². The number of rotatable bonds is 6. The maximum absolute atomic E-state index is 14.0. The summed E-state index contributed by atoms with van der Waals surface area (Å²) in [6, 6.07) is 9.73. The first kappa shape index (κ1) is 23.1. The molecule has 0 saturated carbocycles. The van der Waals surface area contributed by atoms with Gasteiger partial charge in [-0.1, -0.05) is 12.1 Å². The molecule has 1 aromatic heterocycles. The number of imidazole rings is 1. The first-order valence-corrected chi connectivity index (χ1v) is 12.1. The molecule has 8 nitrogen and oxygen atoms in total. The lowest BCUT2D eigenvalue weighted by Crippen LogP contribution is -2.50. The van der Waals surface area contributed by atoms with Crippen LogP contribution in [0.4, 0.5) is 8.78 Å². The van der Waals surface area contributed by atoms with Crippen LogP contribution in [0.5, 0.6) is 0 Å². The lowest BCUT2D eigenvalue weighted by atomic mass is 10.3. The topological polar surface area (TPSA) is 84.6 Å². The van der Waals surface area contributed by atoms with Gasteiger partial charge >= 0.3 is 5.69 Å². The van der Waals surface area contributed by atoms with Crippen LogP contribution in [0.3, 0.4) is 0 Å². The first-order chi connectivity index (χ1) is 15.7. The van der Waals surface area contributed by atoms with Crippen molar-refractivity contribution in [1.82, 2.24) is 18.3 Å². The van der Waals surface area contributed by atoms with Crippen molar-refractivity contribution in [3.05, 3.63) is 64.6 Å². The highest BCUT2D eigenvalue weighted by atomic mass is 32.2. The summed E-state index contributed by atoms with van der Waals surface area (Å²) in [7, 11) is -4.14. The predicted molar refractivity (Wildman–Crippen MR) is 118 cm³/mol. The second-order valence-electron chi connectivity index (χ2n) is 7.78. The van der Waals surface area contributed by atoms with E-state index in [0.717, 1.165) is 27.5 Å². The monoisotopic (exact) mass is 478 g/mol. The molecular formula is C22H24F2N4O4S. The molecule has 0 radical (unpaired) electrons. The zero-order valence-electron chi connectivity index (χ0n) is 18.1. The summed E-state index contributed by atoms with van der Waals surface area (Å²) in [5.74, 6) is -2.20. The molecule has 0 N–H and O–H groups in total. The standard InChI is InChI=1S/C22H24F2N4O4S/c1-2-27-18-5-3-4-6-19(18)28(22(27)30)10-9-21(29)25-11-13-26(14-12-25)33(31,32)20-8-7-16(23)15-17(20)24/h3-8,15H,2,9-14H2,1H3. The molecule has 33 heavy (non-hydrogen) atoms. The molecule has 11 heteroatoms. The number of carbonyl (C=O) groups excluding carboxylic acids is 1. The molecule has 4 rings (SSSR count). The Bertz CT molecular complexity index is 1360. The van der Waals surface area contributed by atoms with Gasteiger partial charge < -0.3 is 4.90 Å². The Morgan fingerprint density at radius 2 is 1.61 bits per heavy atom. The fourth-order valence-corrected chi connectivity index (χ4v) is 5.63. The number of amides is 1. The van der Waals surface area contributed by atoms with Gasteiger partial charge in [-0.25, -0.2) is 22.0 Å². The van der Waals surface area contributed by atoms with Crippen molar-refractivity contribution < 1.29 is 22.0 Å². The second-order valence-corrected chi connectivity index (χ2v) is 9.68. The molecule has 3 aromatic rings. The molecule has 0 unspecified atom stereocenters. The van der Waals surface area contributed by atoms with Crippen molar-refractivity contribution in [2.75, 3.05) is 26.2 Å². The summed E-state index contributed by atoms with van der Waals surface area (Å²) < 4.78 is 56.9. The molecule has 1 fully saturated rings. The van der Waals surface area contributed by atoms with E-state index in [4.69, 9.17) is 0 Å². The predicted octanol–water partition coefficient (Wildman–Crippen LogP) is 2.02. The highest BCUT2D eigenvalue weighted by Gasteiger charge is 2.32. The Labute approximate surface area is 189 Å². The van der Waals surface area contributed by atoms with Crippen molar-refractivity contribution in [3.8, 4) is 0 Å². The molecule has 2 aromatic carbocycles. The minimum Gasteiger partial charge on any atom is -0.340 e. The minimum atomic E-state index is -4.14. The van der Waals surface area contributed by atoms with Gasteiger partial charge in [-0.2, -0.15) is 4.31 Å². The van der Waals surface area contributed by atoms with E-state index in [2.05, 4.69) is 0 Å². The summed E-state index contributed by atoms with van der Waals surface area (Å²) in [4.78, 5) is 26.4. The van der Waals surface area contributed by atoms with Crippen LogP contribution in [0.25, 0.3) is 11.0 Å². The molecule has 1 aliphatic rings. The lowest BCUT2D eigenvalue weighted by Gasteiger charge is -2.34. The third-order valence-electron chi connectivity index (χ3n) is 5.89. The number of hydrogen-bond donors (Lipinski definition) is 0. The van der Waals surface area contributed by atoms with E-state index < -0.39 is 26.6 Å². The van der Waals surface area contributed by atoms with E-state index in [9.17, 15) is 26.8 Å². The minimum absolute atomic E-state index is 0.0000193. The van der Waals surface area contributed by atoms with Gasteiger partial charge in [0.05, 0.1) is 11.0 Å². The van der Waals surface area contributed by atoms with Crippen molar-refractivity contribution in [2.24, 2.45) is 0 Å². The zero-order valence-corrected chi connectivity index (χ0v) is 18.9. The van der Waals surface area contributed by atoms with Gasteiger partial charge in [0.2, 0.25) is 15.9 Å². The van der Waals surface area contributed by atoms with Crippen LogP contribution in [0, 0.1) is 11.6 Å². The highest BCUT2D eigenvalue weighted by molar-refractivity contribution is 7.89. The van der Waals surface area contributed by atoms with Crippen LogP contribution in [-0.2, 0) is 27.9 Å². The normalized spacial score (nSPS) is 15.3. The summed E-state index contributed by atoms with van der Waals surface area (Å²) in [6.07, 6.45) is 0.0942. The van der Waals surface area contributed by atoms with Crippen LogP contribution >= 0.6 is 0 Å². The number of halogens is 2. The number of carbonyl (C=O) groups is 1. The molecule has 1 amide bonds. The van der Waals surface area contributed by atoms with E-state index in [1.165, 1.54) is 4.90 Å². The van der Waals surface area contributed by atoms with E-state index >= 15 is 0 Å². The number of sulfonamides is 1. The average Bonchev–Trinajstić information content (AvgIpc) is 3.07. The van der Waals surface area contributed by atoms with Gasteiger partial charge in [-0.05, 0) is 31.2 Å². The maximum Gasteiger partial charge on any atom is 0.329 e. The Hall–Kier alpha value is -3.05. The van der Waals surface area contributed by atoms with Crippen LogP contribution in [-0.4, -0.2) is 58.8 Å². The van der Waals surface area contributed by atoms with Gasteiger partial charge in [0.25, 0.3) is 0 Å². The Kier molecular flexibility index (Phi) is 6.35. The Morgan fingerprint density at radius 3 is 2.21 bits per heavy atom. The van der Waals surface area contributed by atoms with E-state index in [1.54, 1.807) is 9.13 Å². The maximum atomic E-state index is 14.0. The van der Waals surface area contributed by atoms with Crippen LogP contribution in [0.1, 0.15) is 13.3 Å². The van der Waals surface area contributed by atoms with Crippen molar-refractivity contribution in [2.45, 2.75) is 31.3 Å². The molecule has 0 atom stereocenters. The quantitative estimate of drug-likeness (QED) is 0.543. The smallest absolute Gasteiger partial charge is 0.329 e. The number of para-hydroxylation sites is 2. The highest BCUT2D eigenvalue weighted by Crippen LogP contribution is 2.22. The Balaban J connectivity index is 1.41. The summed E-state index contributed by atoms with van der Waals surface area (Å²) >= 11 is 0. The zero-order chi connectivity index (χ0) is 23.8. The van der Waals surface area contributed by atoms with Gasteiger partial charge in [0.1, 0.15) is 16.5 Å². The van der Waals surface area contributed by atoms with E-state index in [-0.39, 0.29) is 50.7 Å².